The molecular weight excluding hydrogens is 304 g/mol. The van der Waals surface area contributed by atoms with Gasteiger partial charge in [-0.2, -0.15) is 0 Å². The van der Waals surface area contributed by atoms with Crippen LogP contribution < -0.4 is 0 Å². The Labute approximate surface area is 143 Å². The van der Waals surface area contributed by atoms with Gasteiger partial charge in [0, 0.05) is 6.42 Å². The summed E-state index contributed by atoms with van der Waals surface area (Å²) < 4.78 is 11.5. The minimum absolute atomic E-state index is 0.146. The molecule has 0 amide bonds. The summed E-state index contributed by atoms with van der Waals surface area (Å²) in [7, 11) is -1.81. The van der Waals surface area contributed by atoms with E-state index < -0.39 is 8.32 Å². The van der Waals surface area contributed by atoms with Gasteiger partial charge in [0.15, 0.2) is 0 Å². The molecule has 132 valence electrons. The van der Waals surface area contributed by atoms with Crippen LogP contribution >= 0.6 is 0 Å². The molecule has 0 aliphatic heterocycles. The Morgan fingerprint density at radius 3 is 2.13 bits per heavy atom. The van der Waals surface area contributed by atoms with Gasteiger partial charge in [-0.05, 0) is 44.3 Å². The van der Waals surface area contributed by atoms with Crippen LogP contribution in [-0.4, -0.2) is 20.9 Å². The van der Waals surface area contributed by atoms with E-state index in [4.69, 9.17) is 9.16 Å². The van der Waals surface area contributed by atoms with Gasteiger partial charge in [0.25, 0.3) is 0 Å². The Kier molecular flexibility index (Phi) is 9.21. The summed E-state index contributed by atoms with van der Waals surface area (Å²) in [4.78, 5) is 12.5. The van der Waals surface area contributed by atoms with Crippen LogP contribution in [0.2, 0.25) is 19.6 Å². The third kappa shape index (κ3) is 11.0. The number of carbonyl (C=O) groups excluding carboxylic acids is 1. The molecule has 0 aliphatic rings. The Hall–Kier alpha value is -1.29. The van der Waals surface area contributed by atoms with Crippen LogP contribution in [0.3, 0.4) is 0 Å². The highest BCUT2D eigenvalue weighted by Crippen LogP contribution is 2.28. The molecule has 0 rings (SSSR count). The number of allylic oxidation sites excluding steroid dienone is 2. The molecule has 4 heteroatoms. The molecule has 0 aromatic carbocycles. The van der Waals surface area contributed by atoms with E-state index in [0.29, 0.717) is 18.4 Å². The van der Waals surface area contributed by atoms with E-state index in [-0.39, 0.29) is 18.0 Å². The lowest BCUT2D eigenvalue weighted by molar-refractivity contribution is -0.138. The second-order valence-corrected chi connectivity index (χ2v) is 12.3. The van der Waals surface area contributed by atoms with Gasteiger partial charge in [-0.1, -0.05) is 39.5 Å². The maximum absolute atomic E-state index is 12.5. The van der Waals surface area contributed by atoms with E-state index in [0.717, 1.165) is 18.6 Å². The summed E-state index contributed by atoms with van der Waals surface area (Å²) in [6.45, 7) is 20.5. The number of esters is 1. The van der Waals surface area contributed by atoms with Crippen molar-refractivity contribution in [2.45, 2.75) is 66.1 Å². The standard InChI is InChI=1S/C19H34O3Si/c1-9-11-12-17(22-23(6,7)8)16(13-14-19(3,4)5)18(20)21-15-10-2/h9-10H,1-2,11-15H2,3-8H3/b17-16-. The molecular formula is C19H34O3Si. The van der Waals surface area contributed by atoms with Gasteiger partial charge in [0.1, 0.15) is 6.61 Å². The molecule has 0 fully saturated rings. The molecule has 0 heterocycles. The lowest BCUT2D eigenvalue weighted by Gasteiger charge is -2.25. The summed E-state index contributed by atoms with van der Waals surface area (Å²) in [6.07, 6.45) is 6.48. The van der Waals surface area contributed by atoms with E-state index in [1.807, 2.05) is 6.08 Å². The third-order valence-corrected chi connectivity index (χ3v) is 3.90. The minimum Gasteiger partial charge on any atom is -0.547 e. The van der Waals surface area contributed by atoms with Crippen molar-refractivity contribution in [1.82, 2.24) is 0 Å². The number of hydrogen-bond acceptors (Lipinski definition) is 3. The zero-order valence-electron chi connectivity index (χ0n) is 15.8. The predicted molar refractivity (Wildman–Crippen MR) is 101 cm³/mol. The van der Waals surface area contributed by atoms with Gasteiger partial charge in [-0.15, -0.1) is 6.58 Å². The molecule has 0 aromatic rings. The second-order valence-electron chi connectivity index (χ2n) is 7.89. The van der Waals surface area contributed by atoms with Crippen LogP contribution in [0, 0.1) is 5.41 Å². The SMILES string of the molecule is C=CCC/C(O[Si](C)(C)C)=C(\CCC(C)(C)C)C(=O)OCC=C. The molecule has 0 aliphatic carbocycles. The molecule has 0 spiro atoms. The van der Waals surface area contributed by atoms with Crippen LogP contribution in [-0.2, 0) is 14.0 Å². The molecule has 0 unspecified atom stereocenters. The summed E-state index contributed by atoms with van der Waals surface area (Å²) in [5, 5.41) is 0. The van der Waals surface area contributed by atoms with Crippen molar-refractivity contribution < 1.29 is 14.0 Å². The van der Waals surface area contributed by atoms with E-state index in [2.05, 4.69) is 53.6 Å². The Bertz CT molecular complexity index is 437. The largest absolute Gasteiger partial charge is 0.547 e. The smallest absolute Gasteiger partial charge is 0.337 e. The molecule has 0 N–H and O–H groups in total. The van der Waals surface area contributed by atoms with Gasteiger partial charge in [-0.3, -0.25) is 0 Å². The van der Waals surface area contributed by atoms with Gasteiger partial charge in [0.05, 0.1) is 11.3 Å². The summed E-state index contributed by atoms with van der Waals surface area (Å²) in [6, 6.07) is 0. The highest BCUT2D eigenvalue weighted by atomic mass is 28.4. The number of ether oxygens (including phenoxy) is 1. The average Bonchev–Trinajstić information content (AvgIpc) is 2.39. The monoisotopic (exact) mass is 338 g/mol. The van der Waals surface area contributed by atoms with E-state index in [9.17, 15) is 4.79 Å². The Balaban J connectivity index is 5.55. The van der Waals surface area contributed by atoms with Gasteiger partial charge < -0.3 is 9.16 Å². The fourth-order valence-corrected chi connectivity index (χ4v) is 2.91. The first-order valence-corrected chi connectivity index (χ1v) is 11.7. The summed E-state index contributed by atoms with van der Waals surface area (Å²) in [5.41, 5.74) is 0.818. The third-order valence-electron chi connectivity index (χ3n) is 3.05. The van der Waals surface area contributed by atoms with Crippen molar-refractivity contribution >= 4 is 14.3 Å². The van der Waals surface area contributed by atoms with Crippen molar-refractivity contribution in [2.24, 2.45) is 5.41 Å². The highest BCUT2D eigenvalue weighted by molar-refractivity contribution is 6.70. The topological polar surface area (TPSA) is 35.5 Å². The van der Waals surface area contributed by atoms with Crippen LogP contribution in [0.5, 0.6) is 0 Å². The van der Waals surface area contributed by atoms with Crippen LogP contribution in [0.1, 0.15) is 46.5 Å². The van der Waals surface area contributed by atoms with Crippen molar-refractivity contribution in [1.29, 1.82) is 0 Å². The molecule has 0 radical (unpaired) electrons. The van der Waals surface area contributed by atoms with Crippen molar-refractivity contribution in [2.75, 3.05) is 6.61 Å². The molecule has 0 bridgehead atoms. The average molecular weight is 339 g/mol. The maximum Gasteiger partial charge on any atom is 0.337 e. The van der Waals surface area contributed by atoms with E-state index in [1.165, 1.54) is 0 Å². The van der Waals surface area contributed by atoms with Crippen LogP contribution in [0.25, 0.3) is 0 Å². The first kappa shape index (κ1) is 21.7. The molecule has 0 atom stereocenters. The number of rotatable bonds is 10. The number of carbonyl (C=O) groups is 1. The predicted octanol–water partition coefficient (Wildman–Crippen LogP) is 5.61. The van der Waals surface area contributed by atoms with E-state index in [1.54, 1.807) is 6.08 Å². The molecule has 3 nitrogen and oxygen atoms in total. The normalized spacial score (nSPS) is 13.1. The zero-order chi connectivity index (χ0) is 18.1. The Morgan fingerprint density at radius 1 is 1.09 bits per heavy atom. The van der Waals surface area contributed by atoms with Gasteiger partial charge >= 0.3 is 5.97 Å². The van der Waals surface area contributed by atoms with Crippen LogP contribution in [0.4, 0.5) is 0 Å². The fraction of sp³-hybridized carbons (Fsp3) is 0.632. The van der Waals surface area contributed by atoms with Crippen molar-refractivity contribution in [3.63, 3.8) is 0 Å². The lowest BCUT2D eigenvalue weighted by atomic mass is 9.88. The molecule has 23 heavy (non-hydrogen) atoms. The van der Waals surface area contributed by atoms with Crippen molar-refractivity contribution in [3.8, 4) is 0 Å². The Morgan fingerprint density at radius 2 is 1.70 bits per heavy atom. The first-order chi connectivity index (χ1) is 10.5. The second kappa shape index (κ2) is 9.76. The maximum atomic E-state index is 12.5. The van der Waals surface area contributed by atoms with Crippen molar-refractivity contribution in [3.05, 3.63) is 36.6 Å². The van der Waals surface area contributed by atoms with Gasteiger partial charge in [-0.25, -0.2) is 4.79 Å². The zero-order valence-corrected chi connectivity index (χ0v) is 16.8. The minimum atomic E-state index is -1.81. The molecule has 0 saturated heterocycles. The number of hydrogen-bond donors (Lipinski definition) is 0. The summed E-state index contributed by atoms with van der Waals surface area (Å²) >= 11 is 0. The van der Waals surface area contributed by atoms with Crippen LogP contribution in [0.15, 0.2) is 36.6 Å². The molecule has 0 aromatic heterocycles. The first-order valence-electron chi connectivity index (χ1n) is 8.30. The lowest BCUT2D eigenvalue weighted by Crippen LogP contribution is -2.27. The molecule has 0 saturated carbocycles. The highest BCUT2D eigenvalue weighted by Gasteiger charge is 2.25. The van der Waals surface area contributed by atoms with E-state index >= 15 is 0 Å². The quantitative estimate of drug-likeness (QED) is 0.171. The summed E-state index contributed by atoms with van der Waals surface area (Å²) in [5.74, 6) is 0.494. The fourth-order valence-electron chi connectivity index (χ4n) is 1.94. The van der Waals surface area contributed by atoms with Gasteiger partial charge in [0.2, 0.25) is 8.32 Å².